The van der Waals surface area contributed by atoms with E-state index in [2.05, 4.69) is 40.2 Å². The maximum Gasteiger partial charge on any atom is 0.136 e. The molecule has 0 saturated carbocycles. The molecule has 0 amide bonds. The Bertz CT molecular complexity index is 1080. The number of nitrogens with zero attached hydrogens (tertiary/aromatic N) is 3. The molecule has 0 unspecified atom stereocenters. The first-order valence-corrected chi connectivity index (χ1v) is 10.5. The lowest BCUT2D eigenvalue weighted by atomic mass is 10.0. The van der Waals surface area contributed by atoms with Crippen LogP contribution in [0.1, 0.15) is 16.8 Å². The lowest BCUT2D eigenvalue weighted by Crippen LogP contribution is -2.36. The van der Waals surface area contributed by atoms with Gasteiger partial charge in [0.1, 0.15) is 17.3 Å². The Balaban J connectivity index is 1.67. The fourth-order valence-corrected chi connectivity index (χ4v) is 3.69. The van der Waals surface area contributed by atoms with E-state index < -0.39 is 0 Å². The third-order valence-corrected chi connectivity index (χ3v) is 5.28. The number of pyridine rings is 1. The molecular weight excluding hydrogens is 388 g/mol. The van der Waals surface area contributed by atoms with Gasteiger partial charge in [-0.3, -0.25) is 0 Å². The Morgan fingerprint density at radius 3 is 2.58 bits per heavy atom. The van der Waals surface area contributed by atoms with Crippen LogP contribution in [0.25, 0.3) is 11.1 Å². The molecule has 31 heavy (non-hydrogen) atoms. The highest BCUT2D eigenvalue weighted by Crippen LogP contribution is 2.35. The highest BCUT2D eigenvalue weighted by Gasteiger charge is 2.15. The van der Waals surface area contributed by atoms with E-state index in [1.54, 1.807) is 6.07 Å². The Kier molecular flexibility index (Phi) is 6.46. The van der Waals surface area contributed by atoms with Crippen molar-refractivity contribution in [2.75, 3.05) is 37.7 Å². The molecule has 6 nitrogen and oxygen atoms in total. The first-order valence-electron chi connectivity index (χ1n) is 10.5. The number of benzene rings is 2. The number of ether oxygens (including phenoxy) is 2. The lowest BCUT2D eigenvalue weighted by molar-refractivity contribution is 0.122. The van der Waals surface area contributed by atoms with Crippen LogP contribution in [0.15, 0.2) is 54.6 Å². The average molecular weight is 415 g/mol. The number of aryl methyl sites for hydroxylation is 1. The molecule has 0 radical (unpaired) electrons. The maximum absolute atomic E-state index is 9.40. The summed E-state index contributed by atoms with van der Waals surface area (Å²) in [6, 6.07) is 19.9. The normalized spacial score (nSPS) is 13.6. The van der Waals surface area contributed by atoms with Crippen molar-refractivity contribution in [2.45, 2.75) is 13.3 Å². The topological polar surface area (TPSA) is 84.4 Å². The van der Waals surface area contributed by atoms with Crippen molar-refractivity contribution in [3.8, 4) is 28.7 Å². The SMILES string of the molecule is Cc1cc(Oc2cc(C#N)ccc2-c2ccc(CCN)cc2)cc(N2CCOCC2)n1. The van der Waals surface area contributed by atoms with Gasteiger partial charge >= 0.3 is 0 Å². The molecule has 0 aliphatic carbocycles. The highest BCUT2D eigenvalue weighted by molar-refractivity contribution is 5.72. The minimum atomic E-state index is 0.553. The van der Waals surface area contributed by atoms with E-state index in [4.69, 9.17) is 15.2 Å². The fourth-order valence-electron chi connectivity index (χ4n) is 3.69. The molecule has 3 aromatic rings. The van der Waals surface area contributed by atoms with Crippen molar-refractivity contribution in [2.24, 2.45) is 5.73 Å². The van der Waals surface area contributed by atoms with Gasteiger partial charge in [0.25, 0.3) is 0 Å². The van der Waals surface area contributed by atoms with Crippen LogP contribution in [0.5, 0.6) is 11.5 Å². The molecule has 2 N–H and O–H groups in total. The molecule has 6 heteroatoms. The highest BCUT2D eigenvalue weighted by atomic mass is 16.5. The number of anilines is 1. The smallest absolute Gasteiger partial charge is 0.136 e. The minimum absolute atomic E-state index is 0.553. The second kappa shape index (κ2) is 9.61. The minimum Gasteiger partial charge on any atom is -0.456 e. The molecule has 0 atom stereocenters. The molecule has 1 aliphatic heterocycles. The molecule has 1 aliphatic rings. The first kappa shape index (κ1) is 20.9. The van der Waals surface area contributed by atoms with Gasteiger partial charge in [0.2, 0.25) is 0 Å². The van der Waals surface area contributed by atoms with Crippen molar-refractivity contribution in [1.82, 2.24) is 4.98 Å². The summed E-state index contributed by atoms with van der Waals surface area (Å²) in [5, 5.41) is 9.40. The molecular formula is C25H26N4O2. The first-order chi connectivity index (χ1) is 15.2. The standard InChI is InChI=1S/C25H26N4O2/c1-18-14-22(16-25(28-18)29-10-12-30-13-11-29)31-24-15-20(17-27)4-7-23(24)21-5-2-19(3-6-21)8-9-26/h2-7,14-16H,8-13,26H2,1H3. The lowest BCUT2D eigenvalue weighted by Gasteiger charge is -2.28. The monoisotopic (exact) mass is 414 g/mol. The fraction of sp³-hybridized carbons (Fsp3) is 0.280. The van der Waals surface area contributed by atoms with Crippen LogP contribution in [-0.4, -0.2) is 37.8 Å². The van der Waals surface area contributed by atoms with Gasteiger partial charge < -0.3 is 20.1 Å². The molecule has 158 valence electrons. The van der Waals surface area contributed by atoms with Crippen LogP contribution in [0.2, 0.25) is 0 Å². The molecule has 0 spiro atoms. The summed E-state index contributed by atoms with van der Waals surface area (Å²) in [7, 11) is 0. The van der Waals surface area contributed by atoms with E-state index in [1.165, 1.54) is 5.56 Å². The predicted octanol–water partition coefficient (Wildman–Crippen LogP) is 4.06. The van der Waals surface area contributed by atoms with E-state index in [-0.39, 0.29) is 0 Å². The molecule has 1 fully saturated rings. The number of nitrogens with two attached hydrogens (primary N) is 1. The second-order valence-electron chi connectivity index (χ2n) is 7.56. The summed E-state index contributed by atoms with van der Waals surface area (Å²) >= 11 is 0. The van der Waals surface area contributed by atoms with Gasteiger partial charge in [0, 0.05) is 36.5 Å². The molecule has 2 heterocycles. The quantitative estimate of drug-likeness (QED) is 0.655. The van der Waals surface area contributed by atoms with Crippen LogP contribution in [0.4, 0.5) is 5.82 Å². The summed E-state index contributed by atoms with van der Waals surface area (Å²) in [6.45, 7) is 5.58. The van der Waals surface area contributed by atoms with Crippen LogP contribution in [-0.2, 0) is 11.2 Å². The Morgan fingerprint density at radius 1 is 1.10 bits per heavy atom. The van der Waals surface area contributed by atoms with E-state index in [0.29, 0.717) is 36.8 Å². The summed E-state index contributed by atoms with van der Waals surface area (Å²) in [5.74, 6) is 2.22. The van der Waals surface area contributed by atoms with Crippen molar-refractivity contribution in [3.05, 3.63) is 71.4 Å². The molecule has 1 aromatic heterocycles. The summed E-state index contributed by atoms with van der Waals surface area (Å²) in [5.41, 5.74) is 10.3. The average Bonchev–Trinajstić information content (AvgIpc) is 2.80. The number of nitriles is 1. The van der Waals surface area contributed by atoms with E-state index in [9.17, 15) is 5.26 Å². The van der Waals surface area contributed by atoms with Crippen molar-refractivity contribution < 1.29 is 9.47 Å². The largest absolute Gasteiger partial charge is 0.456 e. The predicted molar refractivity (Wildman–Crippen MR) is 121 cm³/mol. The maximum atomic E-state index is 9.40. The van der Waals surface area contributed by atoms with Gasteiger partial charge in [0.15, 0.2) is 0 Å². The molecule has 1 saturated heterocycles. The second-order valence-corrected chi connectivity index (χ2v) is 7.56. The van der Waals surface area contributed by atoms with Gasteiger partial charge in [-0.05, 0) is 49.2 Å². The Labute approximate surface area is 182 Å². The number of rotatable bonds is 6. The van der Waals surface area contributed by atoms with Crippen molar-refractivity contribution in [3.63, 3.8) is 0 Å². The van der Waals surface area contributed by atoms with Gasteiger partial charge in [-0.1, -0.05) is 24.3 Å². The summed E-state index contributed by atoms with van der Waals surface area (Å²) < 4.78 is 11.8. The van der Waals surface area contributed by atoms with Crippen LogP contribution in [0.3, 0.4) is 0 Å². The summed E-state index contributed by atoms with van der Waals surface area (Å²) in [6.07, 6.45) is 0.845. The van der Waals surface area contributed by atoms with Gasteiger partial charge in [-0.25, -0.2) is 4.98 Å². The van der Waals surface area contributed by atoms with Crippen LogP contribution >= 0.6 is 0 Å². The molecule has 2 aromatic carbocycles. The number of morpholine rings is 1. The van der Waals surface area contributed by atoms with Gasteiger partial charge in [-0.15, -0.1) is 0 Å². The summed E-state index contributed by atoms with van der Waals surface area (Å²) in [4.78, 5) is 6.87. The van der Waals surface area contributed by atoms with Crippen molar-refractivity contribution >= 4 is 5.82 Å². The van der Waals surface area contributed by atoms with Gasteiger partial charge in [-0.2, -0.15) is 5.26 Å². The Hall–Kier alpha value is -3.40. The number of aromatic nitrogens is 1. The van der Waals surface area contributed by atoms with E-state index >= 15 is 0 Å². The van der Waals surface area contributed by atoms with Crippen LogP contribution < -0.4 is 15.4 Å². The number of hydrogen-bond donors (Lipinski definition) is 1. The Morgan fingerprint density at radius 2 is 1.87 bits per heavy atom. The third kappa shape index (κ3) is 5.02. The number of hydrogen-bond acceptors (Lipinski definition) is 6. The third-order valence-electron chi connectivity index (χ3n) is 5.28. The van der Waals surface area contributed by atoms with E-state index in [0.717, 1.165) is 42.1 Å². The van der Waals surface area contributed by atoms with Crippen LogP contribution in [0, 0.1) is 18.3 Å². The molecule has 0 bridgehead atoms. The zero-order chi connectivity index (χ0) is 21.6. The van der Waals surface area contributed by atoms with E-state index in [1.807, 2.05) is 31.2 Å². The zero-order valence-electron chi connectivity index (χ0n) is 17.7. The zero-order valence-corrected chi connectivity index (χ0v) is 17.7. The molecule has 4 rings (SSSR count). The van der Waals surface area contributed by atoms with Crippen molar-refractivity contribution in [1.29, 1.82) is 5.26 Å². The van der Waals surface area contributed by atoms with Gasteiger partial charge in [0.05, 0.1) is 24.8 Å².